The molecule has 0 radical (unpaired) electrons. The lowest BCUT2D eigenvalue weighted by atomic mass is 9.65. The summed E-state index contributed by atoms with van der Waals surface area (Å²) in [5, 5.41) is 0. The highest BCUT2D eigenvalue weighted by molar-refractivity contribution is 7.90. The largest absolute Gasteiger partial charge is 0.493 e. The van der Waals surface area contributed by atoms with Crippen molar-refractivity contribution < 1.29 is 22.7 Å². The highest BCUT2D eigenvalue weighted by Gasteiger charge is 2.45. The number of benzene rings is 3. The van der Waals surface area contributed by atoms with Crippen molar-refractivity contribution in [1.29, 1.82) is 0 Å². The van der Waals surface area contributed by atoms with Gasteiger partial charge in [0.2, 0.25) is 0 Å². The molecule has 1 aliphatic carbocycles. The van der Waals surface area contributed by atoms with Crippen molar-refractivity contribution in [3.05, 3.63) is 83.9 Å². The lowest BCUT2D eigenvalue weighted by Crippen LogP contribution is -2.41. The second-order valence-corrected chi connectivity index (χ2v) is 11.3. The average molecular weight is 493 g/mol. The van der Waals surface area contributed by atoms with Gasteiger partial charge in [0.25, 0.3) is 0 Å². The molecule has 0 bridgehead atoms. The van der Waals surface area contributed by atoms with Crippen LogP contribution in [0.1, 0.15) is 37.3 Å². The fourth-order valence-electron chi connectivity index (χ4n) is 4.48. The van der Waals surface area contributed by atoms with Crippen molar-refractivity contribution in [2.45, 2.75) is 43.9 Å². The van der Waals surface area contributed by atoms with Gasteiger partial charge < -0.3 is 9.47 Å². The standard InChI is InChI=1S/C29H32O5S/c1-3-33-28(30)29(18-4-19-29)21-23-7-13-26(14-8-23)34-20-17-22-5-9-24(10-6-22)25-11-15-27(16-12-25)35(2,31)32/h5-16H,3-4,17-21H2,1-2H3. The Morgan fingerprint density at radius 3 is 1.94 bits per heavy atom. The van der Waals surface area contributed by atoms with Crippen LogP contribution >= 0.6 is 0 Å². The summed E-state index contributed by atoms with van der Waals surface area (Å²) in [5.74, 6) is 0.749. The molecule has 0 unspecified atom stereocenters. The minimum atomic E-state index is -3.19. The molecule has 3 aromatic carbocycles. The maximum atomic E-state index is 12.4. The lowest BCUT2D eigenvalue weighted by Gasteiger charge is -2.39. The molecule has 0 aliphatic heterocycles. The molecule has 1 aliphatic rings. The summed E-state index contributed by atoms with van der Waals surface area (Å²) in [7, 11) is -3.19. The third-order valence-corrected chi connectivity index (χ3v) is 7.84. The van der Waals surface area contributed by atoms with E-state index in [0.29, 0.717) is 18.1 Å². The van der Waals surface area contributed by atoms with Crippen molar-refractivity contribution in [2.75, 3.05) is 19.5 Å². The summed E-state index contributed by atoms with van der Waals surface area (Å²) in [6.45, 7) is 2.84. The van der Waals surface area contributed by atoms with Crippen LogP contribution < -0.4 is 4.74 Å². The first-order valence-corrected chi connectivity index (χ1v) is 14.0. The van der Waals surface area contributed by atoms with Gasteiger partial charge in [0, 0.05) is 12.7 Å². The van der Waals surface area contributed by atoms with Gasteiger partial charge >= 0.3 is 5.97 Å². The van der Waals surface area contributed by atoms with Crippen LogP contribution in [-0.2, 0) is 32.2 Å². The van der Waals surface area contributed by atoms with E-state index in [0.717, 1.165) is 54.5 Å². The number of ether oxygens (including phenoxy) is 2. The zero-order valence-corrected chi connectivity index (χ0v) is 21.1. The minimum Gasteiger partial charge on any atom is -0.493 e. The van der Waals surface area contributed by atoms with E-state index in [2.05, 4.69) is 12.1 Å². The molecule has 5 nitrogen and oxygen atoms in total. The zero-order valence-electron chi connectivity index (χ0n) is 20.3. The van der Waals surface area contributed by atoms with Gasteiger partial charge in [0.05, 0.1) is 23.5 Å². The monoisotopic (exact) mass is 492 g/mol. The van der Waals surface area contributed by atoms with E-state index in [1.165, 1.54) is 11.8 Å². The van der Waals surface area contributed by atoms with E-state index in [1.807, 2.05) is 55.5 Å². The maximum Gasteiger partial charge on any atom is 0.312 e. The van der Waals surface area contributed by atoms with Gasteiger partial charge in [-0.2, -0.15) is 0 Å². The summed E-state index contributed by atoms with van der Waals surface area (Å²) >= 11 is 0. The topological polar surface area (TPSA) is 69.7 Å². The number of carbonyl (C=O) groups excluding carboxylic acids is 1. The van der Waals surface area contributed by atoms with Gasteiger partial charge in [-0.3, -0.25) is 4.79 Å². The van der Waals surface area contributed by atoms with E-state index in [4.69, 9.17) is 9.47 Å². The smallest absolute Gasteiger partial charge is 0.312 e. The van der Waals surface area contributed by atoms with E-state index >= 15 is 0 Å². The van der Waals surface area contributed by atoms with Crippen molar-refractivity contribution in [2.24, 2.45) is 5.41 Å². The molecule has 0 spiro atoms. The van der Waals surface area contributed by atoms with Gasteiger partial charge in [-0.15, -0.1) is 0 Å². The molecule has 35 heavy (non-hydrogen) atoms. The minimum absolute atomic E-state index is 0.0662. The first kappa shape index (κ1) is 25.0. The second kappa shape index (κ2) is 10.6. The zero-order chi connectivity index (χ0) is 24.9. The molecule has 0 atom stereocenters. The van der Waals surface area contributed by atoms with Crippen LogP contribution in [0.5, 0.6) is 5.75 Å². The van der Waals surface area contributed by atoms with E-state index in [-0.39, 0.29) is 11.4 Å². The Balaban J connectivity index is 1.28. The maximum absolute atomic E-state index is 12.4. The third kappa shape index (κ3) is 6.12. The molecule has 184 valence electrons. The first-order chi connectivity index (χ1) is 16.8. The first-order valence-electron chi connectivity index (χ1n) is 12.1. The SMILES string of the molecule is CCOC(=O)C1(Cc2ccc(OCCc3ccc(-c4ccc(S(C)(=O)=O)cc4)cc3)cc2)CCC1. The fourth-order valence-corrected chi connectivity index (χ4v) is 5.11. The third-order valence-electron chi connectivity index (χ3n) is 6.71. The lowest BCUT2D eigenvalue weighted by molar-refractivity contribution is -0.161. The molecular weight excluding hydrogens is 460 g/mol. The Morgan fingerprint density at radius 1 is 0.857 bits per heavy atom. The summed E-state index contributed by atoms with van der Waals surface area (Å²) < 4.78 is 34.5. The molecule has 0 amide bonds. The molecule has 0 N–H and O–H groups in total. The van der Waals surface area contributed by atoms with Gasteiger partial charge in [0.15, 0.2) is 9.84 Å². The average Bonchev–Trinajstić information content (AvgIpc) is 2.82. The molecular formula is C29H32O5S. The molecule has 4 rings (SSSR count). The Bertz CT molecular complexity index is 1240. The quantitative estimate of drug-likeness (QED) is 0.342. The number of rotatable bonds is 10. The van der Waals surface area contributed by atoms with E-state index in [9.17, 15) is 13.2 Å². The summed E-state index contributed by atoms with van der Waals surface area (Å²) in [5.41, 5.74) is 3.97. The van der Waals surface area contributed by atoms with Crippen LogP contribution in [0.3, 0.4) is 0 Å². The molecule has 6 heteroatoms. The Hall–Kier alpha value is -3.12. The highest BCUT2D eigenvalue weighted by Crippen LogP contribution is 2.45. The number of esters is 1. The summed E-state index contributed by atoms with van der Waals surface area (Å²) in [4.78, 5) is 12.7. The molecule has 0 aromatic heterocycles. The van der Waals surface area contributed by atoms with Gasteiger partial charge in [-0.05, 0) is 72.7 Å². The predicted molar refractivity (Wildman–Crippen MR) is 137 cm³/mol. The van der Waals surface area contributed by atoms with Crippen LogP contribution in [0.4, 0.5) is 0 Å². The van der Waals surface area contributed by atoms with Gasteiger partial charge in [0.1, 0.15) is 5.75 Å². The van der Waals surface area contributed by atoms with E-state index < -0.39 is 9.84 Å². The normalized spacial score (nSPS) is 14.7. The number of hydrogen-bond donors (Lipinski definition) is 0. The van der Waals surface area contributed by atoms with Crippen LogP contribution in [-0.4, -0.2) is 33.9 Å². The van der Waals surface area contributed by atoms with Crippen LogP contribution in [0, 0.1) is 5.41 Å². The van der Waals surface area contributed by atoms with Crippen molar-refractivity contribution >= 4 is 15.8 Å². The predicted octanol–water partition coefficient (Wildman–Crippen LogP) is 5.65. The summed E-state index contributed by atoms with van der Waals surface area (Å²) in [6.07, 6.45) is 5.58. The highest BCUT2D eigenvalue weighted by atomic mass is 32.2. The summed E-state index contributed by atoms with van der Waals surface area (Å²) in [6, 6.07) is 23.2. The Labute approximate surface area is 208 Å². The Morgan fingerprint density at radius 2 is 1.43 bits per heavy atom. The molecule has 1 fully saturated rings. The van der Waals surface area contributed by atoms with Crippen molar-refractivity contribution in [1.82, 2.24) is 0 Å². The van der Waals surface area contributed by atoms with Gasteiger partial charge in [-0.1, -0.05) is 55.0 Å². The number of sulfone groups is 1. The fraction of sp³-hybridized carbons (Fsp3) is 0.345. The van der Waals surface area contributed by atoms with Gasteiger partial charge in [-0.25, -0.2) is 8.42 Å². The van der Waals surface area contributed by atoms with Crippen LogP contribution in [0.15, 0.2) is 77.7 Å². The molecule has 3 aromatic rings. The molecule has 0 heterocycles. The van der Waals surface area contributed by atoms with Crippen molar-refractivity contribution in [3.8, 4) is 16.9 Å². The van der Waals surface area contributed by atoms with Crippen molar-refractivity contribution in [3.63, 3.8) is 0 Å². The van der Waals surface area contributed by atoms with Crippen LogP contribution in [0.25, 0.3) is 11.1 Å². The Kier molecular flexibility index (Phi) is 7.60. The number of carbonyl (C=O) groups is 1. The second-order valence-electron chi connectivity index (χ2n) is 9.27. The van der Waals surface area contributed by atoms with E-state index in [1.54, 1.807) is 12.1 Å². The number of hydrogen-bond acceptors (Lipinski definition) is 5. The molecule has 0 saturated heterocycles. The molecule has 1 saturated carbocycles. The van der Waals surface area contributed by atoms with Crippen LogP contribution in [0.2, 0.25) is 0 Å².